The van der Waals surface area contributed by atoms with E-state index in [2.05, 4.69) is 26.2 Å². The average Bonchev–Trinajstić information content (AvgIpc) is 1.87. The summed E-state index contributed by atoms with van der Waals surface area (Å²) in [5.74, 6) is 0. The summed E-state index contributed by atoms with van der Waals surface area (Å²) in [5.41, 5.74) is 0.535. The Labute approximate surface area is 64.2 Å². The van der Waals surface area contributed by atoms with Crippen LogP contribution in [0.1, 0.15) is 39.5 Å². The van der Waals surface area contributed by atoms with Crippen LogP contribution in [0.15, 0.2) is 0 Å². The molecule has 0 heterocycles. The second-order valence-corrected chi connectivity index (χ2v) is 4.08. The number of rotatable bonds is 1. The molecule has 1 rings (SSSR count). The van der Waals surface area contributed by atoms with Crippen LogP contribution in [-0.4, -0.2) is 13.1 Å². The van der Waals surface area contributed by atoms with Crippen molar-refractivity contribution in [3.8, 4) is 0 Å². The fourth-order valence-corrected chi connectivity index (χ4v) is 2.03. The van der Waals surface area contributed by atoms with Crippen molar-refractivity contribution in [3.63, 3.8) is 0 Å². The van der Waals surface area contributed by atoms with E-state index in [1.54, 1.807) is 0 Å². The fraction of sp³-hybridized carbons (Fsp3) is 1.00. The second-order valence-electron chi connectivity index (χ2n) is 4.08. The van der Waals surface area contributed by atoms with E-state index in [1.807, 2.05) is 0 Å². The molecule has 0 unspecified atom stereocenters. The van der Waals surface area contributed by atoms with Crippen LogP contribution >= 0.6 is 0 Å². The Morgan fingerprint density at radius 2 is 2.00 bits per heavy atom. The van der Waals surface area contributed by atoms with Crippen LogP contribution < -0.4 is 5.32 Å². The molecule has 0 aliphatic heterocycles. The first-order chi connectivity index (χ1) is 4.67. The van der Waals surface area contributed by atoms with E-state index < -0.39 is 0 Å². The standard InChI is InChI=1S/C9H19N/c1-9(2)7-5-4-6-8(9)10-3/h8,10H,4-7H2,1-3H3/t8-/m1/s1. The van der Waals surface area contributed by atoms with Crippen LogP contribution in [0.3, 0.4) is 0 Å². The highest BCUT2D eigenvalue weighted by Crippen LogP contribution is 2.34. The van der Waals surface area contributed by atoms with Crippen molar-refractivity contribution in [2.24, 2.45) is 5.41 Å². The number of nitrogens with one attached hydrogen (secondary N) is 1. The molecule has 0 radical (unpaired) electrons. The summed E-state index contributed by atoms with van der Waals surface area (Å²) in [5, 5.41) is 3.39. The molecule has 1 saturated carbocycles. The first-order valence-corrected chi connectivity index (χ1v) is 4.34. The fourth-order valence-electron chi connectivity index (χ4n) is 2.03. The Bertz CT molecular complexity index is 107. The van der Waals surface area contributed by atoms with Crippen molar-refractivity contribution >= 4 is 0 Å². The molecule has 0 bridgehead atoms. The molecular formula is C9H19N. The van der Waals surface area contributed by atoms with Gasteiger partial charge in [0.25, 0.3) is 0 Å². The van der Waals surface area contributed by atoms with Gasteiger partial charge < -0.3 is 5.32 Å². The third-order valence-corrected chi connectivity index (χ3v) is 2.86. The summed E-state index contributed by atoms with van der Waals surface area (Å²) in [4.78, 5) is 0. The Morgan fingerprint density at radius 1 is 1.30 bits per heavy atom. The topological polar surface area (TPSA) is 12.0 Å². The van der Waals surface area contributed by atoms with Gasteiger partial charge in [0, 0.05) is 6.04 Å². The first kappa shape index (κ1) is 8.06. The van der Waals surface area contributed by atoms with Crippen LogP contribution in [0, 0.1) is 5.41 Å². The quantitative estimate of drug-likeness (QED) is 0.590. The zero-order valence-corrected chi connectivity index (χ0v) is 7.41. The lowest BCUT2D eigenvalue weighted by Gasteiger charge is -2.38. The van der Waals surface area contributed by atoms with E-state index in [9.17, 15) is 0 Å². The largest absolute Gasteiger partial charge is 0.316 e. The zero-order valence-electron chi connectivity index (χ0n) is 7.41. The van der Waals surface area contributed by atoms with Gasteiger partial charge in [-0.1, -0.05) is 26.7 Å². The van der Waals surface area contributed by atoms with E-state index in [-0.39, 0.29) is 0 Å². The third-order valence-electron chi connectivity index (χ3n) is 2.86. The Balaban J connectivity index is 2.51. The molecule has 10 heavy (non-hydrogen) atoms. The minimum atomic E-state index is 0.535. The molecule has 0 amide bonds. The third kappa shape index (κ3) is 1.51. The van der Waals surface area contributed by atoms with Crippen molar-refractivity contribution in [2.45, 2.75) is 45.6 Å². The Kier molecular flexibility index (Phi) is 2.35. The maximum atomic E-state index is 3.39. The van der Waals surface area contributed by atoms with Gasteiger partial charge in [-0.25, -0.2) is 0 Å². The molecule has 1 aliphatic rings. The number of hydrogen-bond acceptors (Lipinski definition) is 1. The van der Waals surface area contributed by atoms with Gasteiger partial charge in [0.05, 0.1) is 0 Å². The van der Waals surface area contributed by atoms with E-state index >= 15 is 0 Å². The van der Waals surface area contributed by atoms with Gasteiger partial charge in [0.2, 0.25) is 0 Å². The normalized spacial score (nSPS) is 32.1. The van der Waals surface area contributed by atoms with Gasteiger partial charge in [-0.15, -0.1) is 0 Å². The molecule has 1 nitrogen and oxygen atoms in total. The molecule has 60 valence electrons. The first-order valence-electron chi connectivity index (χ1n) is 4.34. The van der Waals surface area contributed by atoms with Gasteiger partial charge in [-0.2, -0.15) is 0 Å². The molecule has 1 heteroatoms. The summed E-state index contributed by atoms with van der Waals surface area (Å²) < 4.78 is 0. The monoisotopic (exact) mass is 141 g/mol. The predicted molar refractivity (Wildman–Crippen MR) is 45.1 cm³/mol. The maximum absolute atomic E-state index is 3.39. The lowest BCUT2D eigenvalue weighted by molar-refractivity contribution is 0.176. The Morgan fingerprint density at radius 3 is 2.40 bits per heavy atom. The highest BCUT2D eigenvalue weighted by molar-refractivity contribution is 4.86. The summed E-state index contributed by atoms with van der Waals surface area (Å²) >= 11 is 0. The van der Waals surface area contributed by atoms with Crippen LogP contribution in [0.4, 0.5) is 0 Å². The van der Waals surface area contributed by atoms with Gasteiger partial charge in [-0.3, -0.25) is 0 Å². The molecular weight excluding hydrogens is 122 g/mol. The molecule has 0 aromatic carbocycles. The van der Waals surface area contributed by atoms with Crippen molar-refractivity contribution in [2.75, 3.05) is 7.05 Å². The summed E-state index contributed by atoms with van der Waals surface area (Å²) in [6.07, 6.45) is 5.59. The van der Waals surface area contributed by atoms with Crippen molar-refractivity contribution in [1.82, 2.24) is 5.32 Å². The second kappa shape index (κ2) is 2.91. The van der Waals surface area contributed by atoms with Crippen LogP contribution in [-0.2, 0) is 0 Å². The molecule has 0 saturated heterocycles. The van der Waals surface area contributed by atoms with Gasteiger partial charge >= 0.3 is 0 Å². The van der Waals surface area contributed by atoms with Crippen LogP contribution in [0.25, 0.3) is 0 Å². The van der Waals surface area contributed by atoms with Crippen molar-refractivity contribution in [3.05, 3.63) is 0 Å². The SMILES string of the molecule is CN[C@@H]1CCCCC1(C)C. The van der Waals surface area contributed by atoms with Gasteiger partial charge in [0.1, 0.15) is 0 Å². The molecule has 1 fully saturated rings. The van der Waals surface area contributed by atoms with Gasteiger partial charge in [0.15, 0.2) is 0 Å². The predicted octanol–water partition coefficient (Wildman–Crippen LogP) is 2.17. The highest BCUT2D eigenvalue weighted by atomic mass is 14.9. The lowest BCUT2D eigenvalue weighted by Crippen LogP contribution is -2.42. The summed E-state index contributed by atoms with van der Waals surface area (Å²) in [6, 6.07) is 0.751. The van der Waals surface area contributed by atoms with Crippen molar-refractivity contribution in [1.29, 1.82) is 0 Å². The zero-order chi connectivity index (χ0) is 7.61. The van der Waals surface area contributed by atoms with E-state index in [0.717, 1.165) is 6.04 Å². The molecule has 1 N–H and O–H groups in total. The lowest BCUT2D eigenvalue weighted by atomic mass is 9.73. The van der Waals surface area contributed by atoms with E-state index in [4.69, 9.17) is 0 Å². The van der Waals surface area contributed by atoms with Gasteiger partial charge in [-0.05, 0) is 25.3 Å². The highest BCUT2D eigenvalue weighted by Gasteiger charge is 2.30. The summed E-state index contributed by atoms with van der Waals surface area (Å²) in [6.45, 7) is 4.74. The Hall–Kier alpha value is -0.0400. The van der Waals surface area contributed by atoms with Crippen LogP contribution in [0.5, 0.6) is 0 Å². The summed E-state index contributed by atoms with van der Waals surface area (Å²) in [7, 11) is 2.08. The minimum Gasteiger partial charge on any atom is -0.316 e. The molecule has 0 spiro atoms. The molecule has 1 aliphatic carbocycles. The number of hydrogen-bond donors (Lipinski definition) is 1. The van der Waals surface area contributed by atoms with E-state index in [0.29, 0.717) is 5.41 Å². The van der Waals surface area contributed by atoms with Crippen LogP contribution in [0.2, 0.25) is 0 Å². The molecule has 0 aromatic rings. The maximum Gasteiger partial charge on any atom is 0.0115 e. The molecule has 1 atom stereocenters. The minimum absolute atomic E-state index is 0.535. The smallest absolute Gasteiger partial charge is 0.0115 e. The van der Waals surface area contributed by atoms with E-state index in [1.165, 1.54) is 25.7 Å². The average molecular weight is 141 g/mol. The molecule has 0 aromatic heterocycles. The van der Waals surface area contributed by atoms with Crippen molar-refractivity contribution < 1.29 is 0 Å².